The summed E-state index contributed by atoms with van der Waals surface area (Å²) in [5.74, 6) is 1.46. The van der Waals surface area contributed by atoms with E-state index < -0.39 is 0 Å². The van der Waals surface area contributed by atoms with Gasteiger partial charge in [0.05, 0.1) is 0 Å². The zero-order valence-corrected chi connectivity index (χ0v) is 11.8. The first kappa shape index (κ1) is 13.1. The van der Waals surface area contributed by atoms with Gasteiger partial charge in [0.2, 0.25) is 0 Å². The molecule has 0 aliphatic heterocycles. The second kappa shape index (κ2) is 6.04. The van der Waals surface area contributed by atoms with E-state index in [4.69, 9.17) is 0 Å². The third-order valence-electron chi connectivity index (χ3n) is 3.72. The van der Waals surface area contributed by atoms with Crippen LogP contribution in [0.1, 0.15) is 45.6 Å². The fourth-order valence-electron chi connectivity index (χ4n) is 2.84. The van der Waals surface area contributed by atoms with Crippen molar-refractivity contribution in [2.24, 2.45) is 11.8 Å². The molecule has 0 fully saturated rings. The molecule has 0 bridgehead atoms. The maximum absolute atomic E-state index is 2.36. The van der Waals surface area contributed by atoms with Crippen LogP contribution in [0.3, 0.4) is 0 Å². The van der Waals surface area contributed by atoms with Crippen molar-refractivity contribution >= 4 is 5.57 Å². The Morgan fingerprint density at radius 2 is 1.83 bits per heavy atom. The van der Waals surface area contributed by atoms with Crippen molar-refractivity contribution in [1.82, 2.24) is 0 Å². The second-order valence-electron chi connectivity index (χ2n) is 5.72. The summed E-state index contributed by atoms with van der Waals surface area (Å²) in [6, 6.07) is 10.8. The topological polar surface area (TPSA) is 0 Å². The standard InChI is InChI=1S/C18H24/c1-4-16-13-15(12-14(2)3)10-11-18(16)17-8-6-5-7-9-17/h5-11,14,16H,4,12-13H2,1-3H3. The van der Waals surface area contributed by atoms with Gasteiger partial charge in [-0.05, 0) is 42.2 Å². The Labute approximate surface area is 111 Å². The molecular weight excluding hydrogens is 216 g/mol. The molecule has 1 aliphatic rings. The number of allylic oxidation sites excluding steroid dienone is 4. The minimum Gasteiger partial charge on any atom is -0.0693 e. The van der Waals surface area contributed by atoms with Crippen LogP contribution in [0, 0.1) is 11.8 Å². The van der Waals surface area contributed by atoms with Gasteiger partial charge in [-0.1, -0.05) is 68.8 Å². The van der Waals surface area contributed by atoms with Crippen molar-refractivity contribution in [3.63, 3.8) is 0 Å². The Balaban J connectivity index is 2.24. The molecule has 1 aliphatic carbocycles. The van der Waals surface area contributed by atoms with Gasteiger partial charge in [-0.25, -0.2) is 0 Å². The lowest BCUT2D eigenvalue weighted by Gasteiger charge is -2.25. The highest BCUT2D eigenvalue weighted by atomic mass is 14.2. The molecule has 0 heteroatoms. The van der Waals surface area contributed by atoms with Crippen molar-refractivity contribution in [3.8, 4) is 0 Å². The van der Waals surface area contributed by atoms with Gasteiger partial charge >= 0.3 is 0 Å². The molecule has 0 heterocycles. The van der Waals surface area contributed by atoms with E-state index in [0.29, 0.717) is 5.92 Å². The van der Waals surface area contributed by atoms with Crippen molar-refractivity contribution in [2.75, 3.05) is 0 Å². The third kappa shape index (κ3) is 3.13. The SMILES string of the molecule is CCC1CC(CC(C)C)=CC=C1c1ccccc1. The summed E-state index contributed by atoms with van der Waals surface area (Å²) in [5, 5.41) is 0. The van der Waals surface area contributed by atoms with Crippen LogP contribution in [0.15, 0.2) is 48.1 Å². The van der Waals surface area contributed by atoms with Crippen LogP contribution >= 0.6 is 0 Å². The van der Waals surface area contributed by atoms with E-state index >= 15 is 0 Å². The molecule has 1 unspecified atom stereocenters. The van der Waals surface area contributed by atoms with E-state index in [2.05, 4.69) is 63.3 Å². The smallest absolute Gasteiger partial charge is 0.0121 e. The number of hydrogen-bond acceptors (Lipinski definition) is 0. The first-order valence-corrected chi connectivity index (χ1v) is 7.15. The molecule has 0 saturated heterocycles. The van der Waals surface area contributed by atoms with E-state index in [1.807, 2.05) is 0 Å². The molecule has 1 aromatic rings. The molecule has 0 radical (unpaired) electrons. The highest BCUT2D eigenvalue weighted by Gasteiger charge is 2.19. The zero-order valence-electron chi connectivity index (χ0n) is 11.8. The molecule has 1 aromatic carbocycles. The van der Waals surface area contributed by atoms with Crippen molar-refractivity contribution in [2.45, 2.75) is 40.0 Å². The quantitative estimate of drug-likeness (QED) is 0.654. The van der Waals surface area contributed by atoms with E-state index in [-0.39, 0.29) is 0 Å². The molecule has 0 saturated carbocycles. The molecule has 0 nitrogen and oxygen atoms in total. The molecule has 1 atom stereocenters. The molecular formula is C18H24. The normalized spacial score (nSPS) is 19.7. The molecule has 0 aromatic heterocycles. The Morgan fingerprint density at radius 3 is 2.44 bits per heavy atom. The summed E-state index contributed by atoms with van der Waals surface area (Å²) in [4.78, 5) is 0. The Kier molecular flexibility index (Phi) is 4.41. The van der Waals surface area contributed by atoms with E-state index in [1.165, 1.54) is 30.4 Å². The van der Waals surface area contributed by atoms with Gasteiger partial charge in [-0.2, -0.15) is 0 Å². The molecule has 2 rings (SSSR count). The van der Waals surface area contributed by atoms with Crippen LogP contribution in [0.25, 0.3) is 5.57 Å². The summed E-state index contributed by atoms with van der Waals surface area (Å²) in [7, 11) is 0. The van der Waals surface area contributed by atoms with Gasteiger partial charge in [-0.15, -0.1) is 0 Å². The van der Waals surface area contributed by atoms with Crippen molar-refractivity contribution < 1.29 is 0 Å². The molecule has 0 N–H and O–H groups in total. The van der Waals surface area contributed by atoms with Crippen LogP contribution in [-0.2, 0) is 0 Å². The summed E-state index contributed by atoms with van der Waals surface area (Å²) < 4.78 is 0. The lowest BCUT2D eigenvalue weighted by atomic mass is 9.80. The Hall–Kier alpha value is -1.30. The first-order valence-electron chi connectivity index (χ1n) is 7.15. The number of benzene rings is 1. The van der Waals surface area contributed by atoms with Gasteiger partial charge in [0.25, 0.3) is 0 Å². The van der Waals surface area contributed by atoms with Gasteiger partial charge in [0, 0.05) is 0 Å². The minimum absolute atomic E-state index is 0.700. The van der Waals surface area contributed by atoms with Crippen LogP contribution in [-0.4, -0.2) is 0 Å². The molecule has 0 spiro atoms. The first-order chi connectivity index (χ1) is 8.70. The monoisotopic (exact) mass is 240 g/mol. The fourth-order valence-corrected chi connectivity index (χ4v) is 2.84. The van der Waals surface area contributed by atoms with E-state index in [9.17, 15) is 0 Å². The van der Waals surface area contributed by atoms with Gasteiger partial charge in [0.15, 0.2) is 0 Å². The van der Waals surface area contributed by atoms with Crippen molar-refractivity contribution in [1.29, 1.82) is 0 Å². The Morgan fingerprint density at radius 1 is 1.11 bits per heavy atom. The summed E-state index contributed by atoms with van der Waals surface area (Å²) in [6.07, 6.45) is 8.43. The lowest BCUT2D eigenvalue weighted by molar-refractivity contribution is 0.567. The minimum atomic E-state index is 0.700. The zero-order chi connectivity index (χ0) is 13.0. The van der Waals surface area contributed by atoms with Crippen molar-refractivity contribution in [3.05, 3.63) is 53.6 Å². The number of rotatable bonds is 4. The average Bonchev–Trinajstić information content (AvgIpc) is 2.39. The van der Waals surface area contributed by atoms with E-state index in [1.54, 1.807) is 5.57 Å². The highest BCUT2D eigenvalue weighted by Crippen LogP contribution is 2.36. The van der Waals surface area contributed by atoms with Gasteiger partial charge in [-0.3, -0.25) is 0 Å². The maximum Gasteiger partial charge on any atom is -0.0121 e. The Bertz CT molecular complexity index is 434. The summed E-state index contributed by atoms with van der Waals surface area (Å²) in [5.41, 5.74) is 4.53. The largest absolute Gasteiger partial charge is 0.0693 e. The molecule has 0 amide bonds. The summed E-state index contributed by atoms with van der Waals surface area (Å²) in [6.45, 7) is 6.91. The molecule has 18 heavy (non-hydrogen) atoms. The van der Waals surface area contributed by atoms with Gasteiger partial charge in [0.1, 0.15) is 0 Å². The number of hydrogen-bond donors (Lipinski definition) is 0. The predicted octanol–water partition coefficient (Wildman–Crippen LogP) is 5.47. The average molecular weight is 240 g/mol. The third-order valence-corrected chi connectivity index (χ3v) is 3.72. The van der Waals surface area contributed by atoms with Crippen LogP contribution in [0.5, 0.6) is 0 Å². The van der Waals surface area contributed by atoms with Crippen LogP contribution in [0.2, 0.25) is 0 Å². The predicted molar refractivity (Wildman–Crippen MR) is 80.4 cm³/mol. The van der Waals surface area contributed by atoms with Crippen LogP contribution in [0.4, 0.5) is 0 Å². The fraction of sp³-hybridized carbons (Fsp3) is 0.444. The summed E-state index contributed by atoms with van der Waals surface area (Å²) >= 11 is 0. The van der Waals surface area contributed by atoms with E-state index in [0.717, 1.165) is 5.92 Å². The lowest BCUT2D eigenvalue weighted by Crippen LogP contribution is -2.09. The maximum atomic E-state index is 2.36. The molecule has 96 valence electrons. The highest BCUT2D eigenvalue weighted by molar-refractivity contribution is 5.70. The second-order valence-corrected chi connectivity index (χ2v) is 5.72. The van der Waals surface area contributed by atoms with Gasteiger partial charge < -0.3 is 0 Å². The van der Waals surface area contributed by atoms with Crippen LogP contribution < -0.4 is 0 Å².